The van der Waals surface area contributed by atoms with Crippen molar-refractivity contribution in [3.63, 3.8) is 0 Å². The number of anilines is 1. The van der Waals surface area contributed by atoms with E-state index in [-0.39, 0.29) is 17.7 Å². The monoisotopic (exact) mass is 227 g/mol. The lowest BCUT2D eigenvalue weighted by atomic mass is 9.96. The van der Waals surface area contributed by atoms with Crippen LogP contribution in [0.15, 0.2) is 12.1 Å². The molecule has 1 aromatic carbocycles. The van der Waals surface area contributed by atoms with Gasteiger partial charge in [-0.1, -0.05) is 0 Å². The van der Waals surface area contributed by atoms with E-state index in [2.05, 4.69) is 5.32 Å². The second kappa shape index (κ2) is 3.55. The lowest BCUT2D eigenvalue weighted by Gasteiger charge is -2.23. The van der Waals surface area contributed by atoms with Crippen LogP contribution in [0.5, 0.6) is 0 Å². The zero-order chi connectivity index (χ0) is 11.9. The summed E-state index contributed by atoms with van der Waals surface area (Å²) in [6.07, 6.45) is -0.342. The van der Waals surface area contributed by atoms with Crippen molar-refractivity contribution in [2.45, 2.75) is 12.5 Å². The van der Waals surface area contributed by atoms with Crippen molar-refractivity contribution in [1.82, 2.24) is 0 Å². The largest absolute Gasteiger partial charge is 0.480 e. The van der Waals surface area contributed by atoms with Gasteiger partial charge in [-0.15, -0.1) is 0 Å². The van der Waals surface area contributed by atoms with Crippen LogP contribution in [0.2, 0.25) is 0 Å². The van der Waals surface area contributed by atoms with Crippen molar-refractivity contribution in [2.24, 2.45) is 0 Å². The number of fused-ring (bicyclic) bond motifs is 1. The Hall–Kier alpha value is -1.98. The van der Waals surface area contributed by atoms with Crippen molar-refractivity contribution in [3.8, 4) is 0 Å². The Kier molecular flexibility index (Phi) is 2.34. The molecule has 2 N–H and O–H groups in total. The molecule has 84 valence electrons. The van der Waals surface area contributed by atoms with Gasteiger partial charge in [0.25, 0.3) is 0 Å². The van der Waals surface area contributed by atoms with Crippen LogP contribution in [0.25, 0.3) is 0 Å². The normalized spacial score (nSPS) is 18.9. The number of carbonyl (C=O) groups is 2. The fourth-order valence-electron chi connectivity index (χ4n) is 1.65. The number of nitrogens with one attached hydrogen (secondary N) is 1. The topological polar surface area (TPSA) is 66.4 Å². The van der Waals surface area contributed by atoms with Gasteiger partial charge in [0.1, 0.15) is 17.7 Å². The predicted octanol–water partition coefficient (Wildman–Crippen LogP) is 1.42. The molecule has 0 saturated heterocycles. The number of hydrogen-bond donors (Lipinski definition) is 2. The highest BCUT2D eigenvalue weighted by atomic mass is 19.1. The maximum absolute atomic E-state index is 13.3. The van der Waals surface area contributed by atoms with Gasteiger partial charge < -0.3 is 10.4 Å². The minimum Gasteiger partial charge on any atom is -0.480 e. The molecule has 16 heavy (non-hydrogen) atoms. The molecule has 0 unspecified atom stereocenters. The molecule has 0 radical (unpaired) electrons. The molecular formula is C10H7F2NO3. The first-order valence-corrected chi connectivity index (χ1v) is 4.50. The van der Waals surface area contributed by atoms with E-state index in [0.29, 0.717) is 6.07 Å². The summed E-state index contributed by atoms with van der Waals surface area (Å²) in [7, 11) is 0. The third-order valence-electron chi connectivity index (χ3n) is 2.35. The molecule has 1 aromatic rings. The quantitative estimate of drug-likeness (QED) is 0.761. The molecule has 4 nitrogen and oxygen atoms in total. The fourth-order valence-corrected chi connectivity index (χ4v) is 1.65. The Labute approximate surface area is 88.9 Å². The average Bonchev–Trinajstić information content (AvgIpc) is 2.15. The molecule has 1 heterocycles. The fraction of sp³-hybridized carbons (Fsp3) is 0.200. The maximum Gasteiger partial charge on any atom is 0.326 e. The molecule has 6 heteroatoms. The number of benzene rings is 1. The number of hydrogen-bond acceptors (Lipinski definition) is 3. The van der Waals surface area contributed by atoms with Crippen molar-refractivity contribution < 1.29 is 23.5 Å². The summed E-state index contributed by atoms with van der Waals surface area (Å²) < 4.78 is 26.1. The van der Waals surface area contributed by atoms with Crippen molar-refractivity contribution in [2.75, 3.05) is 5.32 Å². The Bertz CT molecular complexity index is 487. The first kappa shape index (κ1) is 10.5. The molecule has 0 saturated carbocycles. The van der Waals surface area contributed by atoms with Gasteiger partial charge in [0.05, 0.1) is 11.3 Å². The molecule has 0 fully saturated rings. The second-order valence-corrected chi connectivity index (χ2v) is 3.47. The number of ketones is 1. The summed E-state index contributed by atoms with van der Waals surface area (Å²) in [6, 6.07) is 0.367. The van der Waals surface area contributed by atoms with E-state index in [9.17, 15) is 18.4 Å². The summed E-state index contributed by atoms with van der Waals surface area (Å²) in [5, 5.41) is 11.1. The summed E-state index contributed by atoms with van der Waals surface area (Å²) in [5.74, 6) is -3.71. The lowest BCUT2D eigenvalue weighted by molar-refractivity contribution is -0.137. The number of Topliss-reactive ketones (excluding diaryl/α,β-unsaturated/α-hetero) is 1. The first-order valence-electron chi connectivity index (χ1n) is 4.50. The second-order valence-electron chi connectivity index (χ2n) is 3.47. The third-order valence-corrected chi connectivity index (χ3v) is 2.35. The van der Waals surface area contributed by atoms with E-state index < -0.39 is 29.4 Å². The van der Waals surface area contributed by atoms with Crippen LogP contribution in [0, 0.1) is 11.6 Å². The standard InChI is InChI=1S/C10H7F2NO3/c11-4-1-5(12)9-6(2-4)13-7(10(15)16)3-8(9)14/h1-2,7,13H,3H2,(H,15,16)/t7-/m0/s1. The van der Waals surface area contributed by atoms with Crippen LogP contribution in [-0.4, -0.2) is 22.9 Å². The van der Waals surface area contributed by atoms with Crippen molar-refractivity contribution >= 4 is 17.4 Å². The van der Waals surface area contributed by atoms with Gasteiger partial charge >= 0.3 is 5.97 Å². The predicted molar refractivity (Wildman–Crippen MR) is 50.4 cm³/mol. The zero-order valence-corrected chi connectivity index (χ0v) is 7.96. The number of carbonyl (C=O) groups excluding carboxylic acids is 1. The molecule has 1 atom stereocenters. The van der Waals surface area contributed by atoms with Crippen LogP contribution in [0.4, 0.5) is 14.5 Å². The SMILES string of the molecule is O=C1C[C@@H](C(=O)O)Nc2cc(F)cc(F)c21. The van der Waals surface area contributed by atoms with Crippen LogP contribution >= 0.6 is 0 Å². The van der Waals surface area contributed by atoms with E-state index in [1.165, 1.54) is 0 Å². The van der Waals surface area contributed by atoms with Crippen LogP contribution in [0.3, 0.4) is 0 Å². The Morgan fingerprint density at radius 1 is 1.44 bits per heavy atom. The Morgan fingerprint density at radius 3 is 2.75 bits per heavy atom. The highest BCUT2D eigenvalue weighted by Crippen LogP contribution is 2.28. The minimum absolute atomic E-state index is 0.110. The molecule has 2 rings (SSSR count). The Balaban J connectivity index is 2.50. The highest BCUT2D eigenvalue weighted by Gasteiger charge is 2.31. The number of aliphatic carboxylic acids is 1. The number of carboxylic acids is 1. The van der Waals surface area contributed by atoms with E-state index in [4.69, 9.17) is 5.11 Å². The summed E-state index contributed by atoms with van der Waals surface area (Å²) in [5.41, 5.74) is -0.389. The summed E-state index contributed by atoms with van der Waals surface area (Å²) in [6.45, 7) is 0. The summed E-state index contributed by atoms with van der Waals surface area (Å²) in [4.78, 5) is 22.1. The van der Waals surface area contributed by atoms with E-state index >= 15 is 0 Å². The van der Waals surface area contributed by atoms with Crippen molar-refractivity contribution in [3.05, 3.63) is 29.3 Å². The molecule has 0 aliphatic carbocycles. The molecule has 1 aliphatic rings. The molecule has 1 aliphatic heterocycles. The van der Waals surface area contributed by atoms with Crippen LogP contribution in [-0.2, 0) is 4.79 Å². The maximum atomic E-state index is 13.3. The molecule has 0 bridgehead atoms. The number of halogens is 2. The average molecular weight is 227 g/mol. The molecule has 0 aromatic heterocycles. The van der Waals surface area contributed by atoms with Gasteiger partial charge in [-0.05, 0) is 6.07 Å². The first-order chi connectivity index (χ1) is 7.49. The van der Waals surface area contributed by atoms with E-state index in [0.717, 1.165) is 6.07 Å². The number of carboxylic acid groups (broad SMARTS) is 1. The minimum atomic E-state index is -1.23. The Morgan fingerprint density at radius 2 is 2.12 bits per heavy atom. The van der Waals surface area contributed by atoms with Gasteiger partial charge in [0.15, 0.2) is 5.78 Å². The highest BCUT2D eigenvalue weighted by molar-refractivity contribution is 6.06. The molecule has 0 amide bonds. The van der Waals surface area contributed by atoms with Crippen LogP contribution < -0.4 is 5.32 Å². The van der Waals surface area contributed by atoms with Gasteiger partial charge in [-0.2, -0.15) is 0 Å². The van der Waals surface area contributed by atoms with E-state index in [1.54, 1.807) is 0 Å². The van der Waals surface area contributed by atoms with Gasteiger partial charge in [0.2, 0.25) is 0 Å². The smallest absolute Gasteiger partial charge is 0.326 e. The van der Waals surface area contributed by atoms with Gasteiger partial charge in [-0.25, -0.2) is 13.6 Å². The van der Waals surface area contributed by atoms with Gasteiger partial charge in [0, 0.05) is 12.5 Å². The number of rotatable bonds is 1. The summed E-state index contributed by atoms with van der Waals surface area (Å²) >= 11 is 0. The molecular weight excluding hydrogens is 220 g/mol. The van der Waals surface area contributed by atoms with Crippen LogP contribution in [0.1, 0.15) is 16.8 Å². The van der Waals surface area contributed by atoms with Gasteiger partial charge in [-0.3, -0.25) is 4.79 Å². The lowest BCUT2D eigenvalue weighted by Crippen LogP contribution is -2.36. The zero-order valence-electron chi connectivity index (χ0n) is 7.96. The third kappa shape index (κ3) is 1.62. The molecule has 0 spiro atoms. The van der Waals surface area contributed by atoms with E-state index in [1.807, 2.05) is 0 Å². The van der Waals surface area contributed by atoms with Crippen molar-refractivity contribution in [1.29, 1.82) is 0 Å².